The fourth-order valence-electron chi connectivity index (χ4n) is 3.64. The summed E-state index contributed by atoms with van der Waals surface area (Å²) in [7, 11) is 0. The smallest absolute Gasteiger partial charge is 0.240 e. The molecule has 3 amide bonds. The molecule has 2 fully saturated rings. The van der Waals surface area contributed by atoms with Gasteiger partial charge in [0.2, 0.25) is 17.7 Å². The second-order valence-corrected chi connectivity index (χ2v) is 7.64. The number of likely N-dealkylation sites (tertiary alicyclic amines) is 1. The molecular weight excluding hydrogens is 386 g/mol. The predicted octanol–water partition coefficient (Wildman–Crippen LogP) is 1.98. The lowest BCUT2D eigenvalue weighted by molar-refractivity contribution is -0.144. The maximum atomic E-state index is 12.9. The largest absolute Gasteiger partial charge is 0.368 e. The minimum atomic E-state index is -0.541. The Morgan fingerprint density at radius 1 is 1.28 bits per heavy atom. The van der Waals surface area contributed by atoms with Crippen LogP contribution in [0.3, 0.4) is 0 Å². The first kappa shape index (κ1) is 17.9. The van der Waals surface area contributed by atoms with E-state index >= 15 is 0 Å². The molecule has 2 heterocycles. The number of rotatable bonds is 3. The van der Waals surface area contributed by atoms with E-state index in [0.717, 1.165) is 28.6 Å². The zero-order valence-electron chi connectivity index (χ0n) is 14.2. The highest BCUT2D eigenvalue weighted by Crippen LogP contribution is 2.30. The Morgan fingerprint density at radius 3 is 2.72 bits per heavy atom. The number of nitrogens with zero attached hydrogens (tertiary/aromatic N) is 2. The molecule has 7 heteroatoms. The van der Waals surface area contributed by atoms with E-state index in [1.807, 2.05) is 25.1 Å². The van der Waals surface area contributed by atoms with Gasteiger partial charge < -0.3 is 15.5 Å². The SMILES string of the molecule is Cc1cc(N2CC(C(=O)N3CCCCC3C(N)=O)CC2=O)ccc1Br. The van der Waals surface area contributed by atoms with Crippen molar-refractivity contribution >= 4 is 39.3 Å². The van der Waals surface area contributed by atoms with Gasteiger partial charge in [-0.1, -0.05) is 15.9 Å². The summed E-state index contributed by atoms with van der Waals surface area (Å²) < 4.78 is 0.980. The van der Waals surface area contributed by atoms with Gasteiger partial charge in [-0.15, -0.1) is 0 Å². The van der Waals surface area contributed by atoms with Crippen LogP contribution in [0.4, 0.5) is 5.69 Å². The Balaban J connectivity index is 1.76. The van der Waals surface area contributed by atoms with Gasteiger partial charge in [-0.3, -0.25) is 14.4 Å². The molecular formula is C18H22BrN3O3. The van der Waals surface area contributed by atoms with E-state index in [4.69, 9.17) is 5.73 Å². The third-order valence-electron chi connectivity index (χ3n) is 5.04. The number of piperidine rings is 1. The molecule has 0 spiro atoms. The van der Waals surface area contributed by atoms with Crippen LogP contribution in [0.25, 0.3) is 0 Å². The lowest BCUT2D eigenvalue weighted by Gasteiger charge is -2.35. The Hall–Kier alpha value is -1.89. The number of benzene rings is 1. The highest BCUT2D eigenvalue weighted by atomic mass is 79.9. The van der Waals surface area contributed by atoms with Crippen molar-refractivity contribution in [3.05, 3.63) is 28.2 Å². The van der Waals surface area contributed by atoms with Crippen molar-refractivity contribution in [3.63, 3.8) is 0 Å². The monoisotopic (exact) mass is 407 g/mol. The summed E-state index contributed by atoms with van der Waals surface area (Å²) in [5.74, 6) is -1.07. The number of carbonyl (C=O) groups is 3. The highest BCUT2D eigenvalue weighted by Gasteiger charge is 2.40. The van der Waals surface area contributed by atoms with Crippen LogP contribution in [0.15, 0.2) is 22.7 Å². The topological polar surface area (TPSA) is 83.7 Å². The number of nitrogens with two attached hydrogens (primary N) is 1. The summed E-state index contributed by atoms with van der Waals surface area (Å²) in [6, 6.07) is 5.16. The van der Waals surface area contributed by atoms with Crippen molar-refractivity contribution in [1.82, 2.24) is 4.90 Å². The standard InChI is InChI=1S/C18H22BrN3O3/c1-11-8-13(5-6-14(11)19)22-10-12(9-16(22)23)18(25)21-7-3-2-4-15(21)17(20)24/h5-6,8,12,15H,2-4,7,9-10H2,1H3,(H2,20,24). The van der Waals surface area contributed by atoms with E-state index in [2.05, 4.69) is 15.9 Å². The van der Waals surface area contributed by atoms with Gasteiger partial charge in [-0.05, 0) is 49.9 Å². The minimum Gasteiger partial charge on any atom is -0.368 e. The number of halogens is 1. The van der Waals surface area contributed by atoms with E-state index in [1.165, 1.54) is 0 Å². The fraction of sp³-hybridized carbons (Fsp3) is 0.500. The van der Waals surface area contributed by atoms with Crippen LogP contribution in [0.1, 0.15) is 31.2 Å². The highest BCUT2D eigenvalue weighted by molar-refractivity contribution is 9.10. The van der Waals surface area contributed by atoms with Gasteiger partial charge >= 0.3 is 0 Å². The molecule has 2 aliphatic rings. The summed E-state index contributed by atoms with van der Waals surface area (Å²) >= 11 is 3.45. The maximum absolute atomic E-state index is 12.9. The van der Waals surface area contributed by atoms with Crippen LogP contribution in [-0.2, 0) is 14.4 Å². The van der Waals surface area contributed by atoms with Crippen LogP contribution in [0.5, 0.6) is 0 Å². The van der Waals surface area contributed by atoms with Crippen molar-refractivity contribution in [2.45, 2.75) is 38.6 Å². The van der Waals surface area contributed by atoms with Gasteiger partial charge in [0.1, 0.15) is 6.04 Å². The normalized spacial score (nSPS) is 23.8. The molecule has 2 unspecified atom stereocenters. The van der Waals surface area contributed by atoms with Crippen LogP contribution < -0.4 is 10.6 Å². The van der Waals surface area contributed by atoms with Crippen LogP contribution in [0, 0.1) is 12.8 Å². The van der Waals surface area contributed by atoms with Gasteiger partial charge in [0.15, 0.2) is 0 Å². The molecule has 2 saturated heterocycles. The van der Waals surface area contributed by atoms with Crippen molar-refractivity contribution in [1.29, 1.82) is 0 Å². The first-order valence-corrected chi connectivity index (χ1v) is 9.34. The fourth-order valence-corrected chi connectivity index (χ4v) is 3.89. The first-order chi connectivity index (χ1) is 11.9. The summed E-state index contributed by atoms with van der Waals surface area (Å²) in [6.45, 7) is 2.84. The van der Waals surface area contributed by atoms with Crippen molar-refractivity contribution in [2.75, 3.05) is 18.0 Å². The average molecular weight is 408 g/mol. The summed E-state index contributed by atoms with van der Waals surface area (Å²) in [4.78, 5) is 40.2. The maximum Gasteiger partial charge on any atom is 0.240 e. The minimum absolute atomic E-state index is 0.0623. The molecule has 0 aromatic heterocycles. The number of primary amides is 1. The lowest BCUT2D eigenvalue weighted by Crippen LogP contribution is -2.52. The number of anilines is 1. The number of hydrogen-bond donors (Lipinski definition) is 1. The number of amides is 3. The lowest BCUT2D eigenvalue weighted by atomic mass is 9.98. The van der Waals surface area contributed by atoms with Crippen LogP contribution in [-0.4, -0.2) is 41.8 Å². The third-order valence-corrected chi connectivity index (χ3v) is 5.93. The zero-order valence-corrected chi connectivity index (χ0v) is 15.8. The Kier molecular flexibility index (Phi) is 5.13. The first-order valence-electron chi connectivity index (χ1n) is 8.55. The molecule has 6 nitrogen and oxygen atoms in total. The van der Waals surface area contributed by atoms with E-state index in [1.54, 1.807) is 9.80 Å². The molecule has 0 saturated carbocycles. The summed E-state index contributed by atoms with van der Waals surface area (Å²) in [5.41, 5.74) is 7.29. The number of hydrogen-bond acceptors (Lipinski definition) is 3. The van der Waals surface area contributed by atoms with Gasteiger partial charge in [0.25, 0.3) is 0 Å². The summed E-state index contributed by atoms with van der Waals surface area (Å²) in [6.07, 6.45) is 2.55. The van der Waals surface area contributed by atoms with E-state index < -0.39 is 17.9 Å². The molecule has 2 aliphatic heterocycles. The van der Waals surface area contributed by atoms with Crippen LogP contribution in [0.2, 0.25) is 0 Å². The van der Waals surface area contributed by atoms with Gasteiger partial charge in [0, 0.05) is 29.7 Å². The molecule has 3 rings (SSSR count). The predicted molar refractivity (Wildman–Crippen MR) is 97.9 cm³/mol. The summed E-state index contributed by atoms with van der Waals surface area (Å²) in [5, 5.41) is 0. The molecule has 2 atom stereocenters. The Bertz CT molecular complexity index is 722. The molecule has 25 heavy (non-hydrogen) atoms. The molecule has 1 aromatic rings. The molecule has 2 N–H and O–H groups in total. The van der Waals surface area contributed by atoms with E-state index in [0.29, 0.717) is 19.5 Å². The van der Waals surface area contributed by atoms with Crippen molar-refractivity contribution in [2.24, 2.45) is 11.7 Å². The Morgan fingerprint density at radius 2 is 2.04 bits per heavy atom. The molecule has 0 radical (unpaired) electrons. The average Bonchev–Trinajstić information content (AvgIpc) is 2.98. The van der Waals surface area contributed by atoms with E-state index in [9.17, 15) is 14.4 Å². The molecule has 0 aliphatic carbocycles. The second kappa shape index (κ2) is 7.15. The third kappa shape index (κ3) is 3.56. The van der Waals surface area contributed by atoms with E-state index in [-0.39, 0.29) is 18.2 Å². The number of aryl methyl sites for hydroxylation is 1. The molecule has 0 bridgehead atoms. The van der Waals surface area contributed by atoms with Gasteiger partial charge in [-0.2, -0.15) is 0 Å². The zero-order chi connectivity index (χ0) is 18.1. The van der Waals surface area contributed by atoms with Crippen molar-refractivity contribution < 1.29 is 14.4 Å². The molecule has 134 valence electrons. The molecule has 1 aromatic carbocycles. The quantitative estimate of drug-likeness (QED) is 0.830. The van der Waals surface area contributed by atoms with Gasteiger partial charge in [0.05, 0.1) is 5.92 Å². The Labute approximate surface area is 155 Å². The second-order valence-electron chi connectivity index (χ2n) is 6.78. The van der Waals surface area contributed by atoms with Gasteiger partial charge in [-0.25, -0.2) is 0 Å². The van der Waals surface area contributed by atoms with Crippen LogP contribution >= 0.6 is 15.9 Å². The number of carbonyl (C=O) groups excluding carboxylic acids is 3. The van der Waals surface area contributed by atoms with Crippen molar-refractivity contribution in [3.8, 4) is 0 Å².